The first-order valence-corrected chi connectivity index (χ1v) is 9.58. The Kier molecular flexibility index (Phi) is 6.33. The summed E-state index contributed by atoms with van der Waals surface area (Å²) in [7, 11) is 0. The Bertz CT molecular complexity index is 694. The van der Waals surface area contributed by atoms with E-state index in [1.165, 1.54) is 16.8 Å². The Balaban J connectivity index is 1.56. The summed E-state index contributed by atoms with van der Waals surface area (Å²) < 4.78 is 37.4. The fraction of sp³-hybridized carbons (Fsp3) is 0.647. The van der Waals surface area contributed by atoms with Crippen LogP contribution in [0.1, 0.15) is 52.9 Å². The predicted molar refractivity (Wildman–Crippen MR) is 94.2 cm³/mol. The first-order valence-electron chi connectivity index (χ1n) is 8.70. The molecular formula is C17H24F2N4O2S. The third kappa shape index (κ3) is 4.11. The Morgan fingerprint density at radius 1 is 1.38 bits per heavy atom. The molecule has 2 aromatic rings. The summed E-state index contributed by atoms with van der Waals surface area (Å²) in [6.07, 6.45) is -0.763. The largest absolute Gasteiger partial charge is 0.373 e. The smallest absolute Gasteiger partial charge is 0.281 e. The number of aryl methyl sites for hydroxylation is 2. The van der Waals surface area contributed by atoms with Gasteiger partial charge in [-0.05, 0) is 26.7 Å². The second kappa shape index (κ2) is 8.51. The van der Waals surface area contributed by atoms with Crippen LogP contribution in [0.2, 0.25) is 0 Å². The maximum Gasteiger partial charge on any atom is 0.281 e. The quantitative estimate of drug-likeness (QED) is 0.786. The molecule has 9 heteroatoms. The average molecular weight is 386 g/mol. The highest BCUT2D eigenvalue weighted by Crippen LogP contribution is 2.34. The van der Waals surface area contributed by atoms with E-state index in [1.807, 2.05) is 13.8 Å². The van der Waals surface area contributed by atoms with Gasteiger partial charge in [0.15, 0.2) is 0 Å². The lowest BCUT2D eigenvalue weighted by Gasteiger charge is -2.36. The number of hydrogen-bond acceptors (Lipinski definition) is 7. The highest BCUT2D eigenvalue weighted by molar-refractivity contribution is 7.09. The average Bonchev–Trinajstić information content (AvgIpc) is 3.23. The summed E-state index contributed by atoms with van der Waals surface area (Å²) in [4.78, 5) is 6.56. The minimum absolute atomic E-state index is 0.134. The minimum atomic E-state index is -2.57. The molecule has 1 unspecified atom stereocenters. The van der Waals surface area contributed by atoms with Crippen LogP contribution in [-0.4, -0.2) is 40.8 Å². The molecule has 2 aromatic heterocycles. The SMILES string of the molecule is Cc1noc(C)c1COC1CCN(C(CN)c2scnc2C(F)F)CC1. The molecule has 0 amide bonds. The molecule has 1 aliphatic heterocycles. The number of likely N-dealkylation sites (tertiary alicyclic amines) is 1. The van der Waals surface area contributed by atoms with E-state index in [-0.39, 0.29) is 17.8 Å². The van der Waals surface area contributed by atoms with Gasteiger partial charge in [0, 0.05) is 25.2 Å². The number of aromatic nitrogens is 2. The van der Waals surface area contributed by atoms with E-state index in [0.717, 1.165) is 42.9 Å². The molecule has 0 spiro atoms. The van der Waals surface area contributed by atoms with Gasteiger partial charge in [0.2, 0.25) is 0 Å². The monoisotopic (exact) mass is 386 g/mol. The zero-order valence-corrected chi connectivity index (χ0v) is 15.8. The van der Waals surface area contributed by atoms with Crippen molar-refractivity contribution in [3.05, 3.63) is 33.1 Å². The zero-order chi connectivity index (χ0) is 18.7. The van der Waals surface area contributed by atoms with E-state index < -0.39 is 6.43 Å². The second-order valence-corrected chi connectivity index (χ2v) is 7.39. The number of hydrogen-bond donors (Lipinski definition) is 1. The van der Waals surface area contributed by atoms with E-state index in [4.69, 9.17) is 15.0 Å². The molecule has 0 aliphatic carbocycles. The maximum absolute atomic E-state index is 13.1. The van der Waals surface area contributed by atoms with E-state index in [0.29, 0.717) is 18.0 Å². The first-order chi connectivity index (χ1) is 12.5. The summed E-state index contributed by atoms with van der Waals surface area (Å²) in [6.45, 7) is 6.08. The van der Waals surface area contributed by atoms with Crippen LogP contribution in [0.25, 0.3) is 0 Å². The molecule has 1 aliphatic rings. The highest BCUT2D eigenvalue weighted by Gasteiger charge is 2.30. The van der Waals surface area contributed by atoms with Crippen molar-refractivity contribution >= 4 is 11.3 Å². The van der Waals surface area contributed by atoms with Crippen molar-refractivity contribution in [2.24, 2.45) is 5.73 Å². The summed E-state index contributed by atoms with van der Waals surface area (Å²) in [6, 6.07) is -0.213. The molecule has 3 rings (SSSR count). The van der Waals surface area contributed by atoms with E-state index in [9.17, 15) is 8.78 Å². The second-order valence-electron chi connectivity index (χ2n) is 6.50. The Hall–Kier alpha value is -1.42. The molecule has 0 saturated carbocycles. The van der Waals surface area contributed by atoms with Gasteiger partial charge in [-0.2, -0.15) is 0 Å². The van der Waals surface area contributed by atoms with Crippen molar-refractivity contribution in [1.82, 2.24) is 15.0 Å². The topological polar surface area (TPSA) is 77.4 Å². The van der Waals surface area contributed by atoms with Crippen LogP contribution >= 0.6 is 11.3 Å². The van der Waals surface area contributed by atoms with E-state index >= 15 is 0 Å². The van der Waals surface area contributed by atoms with Crippen LogP contribution in [-0.2, 0) is 11.3 Å². The van der Waals surface area contributed by atoms with Crippen LogP contribution in [0.3, 0.4) is 0 Å². The van der Waals surface area contributed by atoms with Crippen molar-refractivity contribution in [1.29, 1.82) is 0 Å². The normalized spacial score (nSPS) is 17.9. The number of nitrogens with zero attached hydrogens (tertiary/aromatic N) is 3. The number of piperidine rings is 1. The van der Waals surface area contributed by atoms with Gasteiger partial charge in [-0.25, -0.2) is 13.8 Å². The van der Waals surface area contributed by atoms with Crippen LogP contribution in [0.4, 0.5) is 8.78 Å². The molecule has 1 atom stereocenters. The standard InChI is InChI=1S/C17H24F2N4O2S/c1-10-13(11(2)25-22-10)8-24-12-3-5-23(6-4-12)14(7-20)16-15(17(18)19)21-9-26-16/h9,12,14,17H,3-8,20H2,1-2H3. The number of ether oxygens (including phenoxy) is 1. The van der Waals surface area contributed by atoms with Crippen LogP contribution < -0.4 is 5.73 Å². The van der Waals surface area contributed by atoms with Crippen molar-refractivity contribution < 1.29 is 18.0 Å². The van der Waals surface area contributed by atoms with E-state index in [1.54, 1.807) is 0 Å². The van der Waals surface area contributed by atoms with Crippen LogP contribution in [0.5, 0.6) is 0 Å². The molecule has 3 heterocycles. The number of rotatable bonds is 7. The summed E-state index contributed by atoms with van der Waals surface area (Å²) in [5.41, 5.74) is 9.09. The molecule has 6 nitrogen and oxygen atoms in total. The molecule has 26 heavy (non-hydrogen) atoms. The lowest BCUT2D eigenvalue weighted by Crippen LogP contribution is -2.41. The summed E-state index contributed by atoms with van der Waals surface area (Å²) >= 11 is 1.26. The molecule has 144 valence electrons. The van der Waals surface area contributed by atoms with Gasteiger partial charge >= 0.3 is 0 Å². The van der Waals surface area contributed by atoms with Gasteiger partial charge in [0.05, 0.1) is 34.8 Å². The summed E-state index contributed by atoms with van der Waals surface area (Å²) in [5.74, 6) is 0.785. The van der Waals surface area contributed by atoms with Gasteiger partial charge in [0.25, 0.3) is 6.43 Å². The molecular weight excluding hydrogens is 362 g/mol. The predicted octanol–water partition coefficient (Wildman–Crippen LogP) is 3.37. The first kappa shape index (κ1) is 19.3. The number of nitrogens with two attached hydrogens (primary N) is 1. The molecule has 0 bridgehead atoms. The van der Waals surface area contributed by atoms with Gasteiger partial charge in [-0.15, -0.1) is 11.3 Å². The fourth-order valence-electron chi connectivity index (χ4n) is 3.36. The van der Waals surface area contributed by atoms with Crippen molar-refractivity contribution in [2.75, 3.05) is 19.6 Å². The molecule has 1 fully saturated rings. The number of halogens is 2. The maximum atomic E-state index is 13.1. The third-order valence-corrected chi connectivity index (χ3v) is 5.86. The lowest BCUT2D eigenvalue weighted by atomic mass is 10.0. The summed E-state index contributed by atoms with van der Waals surface area (Å²) in [5, 5.41) is 3.93. The van der Waals surface area contributed by atoms with Gasteiger partial charge in [-0.3, -0.25) is 4.90 Å². The number of thiazole rings is 1. The van der Waals surface area contributed by atoms with Crippen LogP contribution in [0, 0.1) is 13.8 Å². The van der Waals surface area contributed by atoms with Crippen molar-refractivity contribution in [2.45, 2.75) is 51.9 Å². The molecule has 0 aromatic carbocycles. The van der Waals surface area contributed by atoms with Crippen molar-refractivity contribution in [3.63, 3.8) is 0 Å². The van der Waals surface area contributed by atoms with Gasteiger partial charge in [0.1, 0.15) is 11.5 Å². The Labute approximate surface area is 155 Å². The Morgan fingerprint density at radius 2 is 2.12 bits per heavy atom. The van der Waals surface area contributed by atoms with Gasteiger partial charge in [-0.1, -0.05) is 5.16 Å². The molecule has 0 radical (unpaired) electrons. The molecule has 1 saturated heterocycles. The highest BCUT2D eigenvalue weighted by atomic mass is 32.1. The third-order valence-electron chi connectivity index (χ3n) is 4.92. The zero-order valence-electron chi connectivity index (χ0n) is 15.0. The van der Waals surface area contributed by atoms with E-state index in [2.05, 4.69) is 15.0 Å². The molecule has 2 N–H and O–H groups in total. The fourth-order valence-corrected chi connectivity index (χ4v) is 4.31. The minimum Gasteiger partial charge on any atom is -0.373 e. The van der Waals surface area contributed by atoms with Crippen molar-refractivity contribution in [3.8, 4) is 0 Å². The van der Waals surface area contributed by atoms with Gasteiger partial charge < -0.3 is 15.0 Å². The lowest BCUT2D eigenvalue weighted by molar-refractivity contribution is -0.0111. The van der Waals surface area contributed by atoms with Crippen LogP contribution in [0.15, 0.2) is 10.0 Å². The number of alkyl halides is 2. The Morgan fingerprint density at radius 3 is 2.69 bits per heavy atom.